The molecule has 5 rings (SSSR count). The SMILES string of the molecule is CCn1cc(C2C(C#N)=C(N)Oc3c2c(-c2ccccc2)nn3-c2ccccc2)c(C)n1. The number of aryl methyl sites for hydroxylation is 2. The second-order valence-corrected chi connectivity index (χ2v) is 7.63. The summed E-state index contributed by atoms with van der Waals surface area (Å²) in [4.78, 5) is 0. The molecule has 0 spiro atoms. The number of aromatic nitrogens is 4. The van der Waals surface area contributed by atoms with Gasteiger partial charge in [0.25, 0.3) is 0 Å². The molecule has 7 nitrogen and oxygen atoms in total. The van der Waals surface area contributed by atoms with Crippen molar-refractivity contribution in [2.75, 3.05) is 0 Å². The monoisotopic (exact) mass is 422 g/mol. The minimum atomic E-state index is -0.434. The Bertz CT molecular complexity index is 1360. The zero-order valence-electron chi connectivity index (χ0n) is 17.9. The van der Waals surface area contributed by atoms with Gasteiger partial charge in [-0.15, -0.1) is 0 Å². The highest BCUT2D eigenvalue weighted by atomic mass is 16.5. The highest BCUT2D eigenvalue weighted by molar-refractivity contribution is 5.72. The predicted octanol–water partition coefficient (Wildman–Crippen LogP) is 4.28. The van der Waals surface area contributed by atoms with Gasteiger partial charge in [-0.1, -0.05) is 48.5 Å². The standard InChI is InChI=1S/C25H22N6O/c1-3-30-15-20(16(2)28-30)21-19(14-26)24(27)32-25-22(21)23(17-10-6-4-7-11-17)29-31(25)18-12-8-5-9-13-18/h4-13,15,21H,3,27H2,1-2H3. The van der Waals surface area contributed by atoms with Crippen molar-refractivity contribution in [2.24, 2.45) is 5.73 Å². The second kappa shape index (κ2) is 7.75. The lowest BCUT2D eigenvalue weighted by Gasteiger charge is -2.24. The molecule has 1 unspecified atom stereocenters. The van der Waals surface area contributed by atoms with E-state index in [-0.39, 0.29) is 5.88 Å². The van der Waals surface area contributed by atoms with Crippen LogP contribution in [0.25, 0.3) is 16.9 Å². The van der Waals surface area contributed by atoms with Gasteiger partial charge in [0.2, 0.25) is 11.8 Å². The summed E-state index contributed by atoms with van der Waals surface area (Å²) in [6, 6.07) is 22.0. The van der Waals surface area contributed by atoms with Crippen molar-refractivity contribution in [2.45, 2.75) is 26.3 Å². The Kier molecular flexibility index (Phi) is 4.75. The van der Waals surface area contributed by atoms with Crippen LogP contribution >= 0.6 is 0 Å². The van der Waals surface area contributed by atoms with Crippen LogP contribution in [0.3, 0.4) is 0 Å². The Balaban J connectivity index is 1.84. The number of hydrogen-bond donors (Lipinski definition) is 1. The summed E-state index contributed by atoms with van der Waals surface area (Å²) in [6.07, 6.45) is 1.98. The summed E-state index contributed by atoms with van der Waals surface area (Å²) in [5, 5.41) is 19.6. The van der Waals surface area contributed by atoms with Crippen molar-refractivity contribution >= 4 is 0 Å². The van der Waals surface area contributed by atoms with Gasteiger partial charge in [0.05, 0.1) is 22.9 Å². The van der Waals surface area contributed by atoms with E-state index in [4.69, 9.17) is 15.6 Å². The molecule has 0 saturated heterocycles. The summed E-state index contributed by atoms with van der Waals surface area (Å²) in [5.74, 6) is 0.169. The minimum Gasteiger partial charge on any atom is -0.422 e. The van der Waals surface area contributed by atoms with E-state index in [1.807, 2.05) is 85.4 Å². The minimum absolute atomic E-state index is 0.0883. The molecule has 2 N–H and O–H groups in total. The third kappa shape index (κ3) is 3.05. The Morgan fingerprint density at radius 3 is 2.38 bits per heavy atom. The maximum absolute atomic E-state index is 10.0. The molecule has 2 aromatic heterocycles. The van der Waals surface area contributed by atoms with Gasteiger partial charge < -0.3 is 10.5 Å². The maximum atomic E-state index is 10.0. The molecule has 1 aliphatic rings. The first-order valence-corrected chi connectivity index (χ1v) is 10.5. The van der Waals surface area contributed by atoms with Gasteiger partial charge in [-0.25, -0.2) is 0 Å². The van der Waals surface area contributed by atoms with Crippen LogP contribution in [0.2, 0.25) is 0 Å². The van der Waals surface area contributed by atoms with E-state index in [0.29, 0.717) is 11.5 Å². The van der Waals surface area contributed by atoms with Gasteiger partial charge >= 0.3 is 0 Å². The van der Waals surface area contributed by atoms with Crippen LogP contribution < -0.4 is 10.5 Å². The third-order valence-electron chi connectivity index (χ3n) is 5.72. The molecule has 158 valence electrons. The number of ether oxygens (including phenoxy) is 1. The fourth-order valence-electron chi connectivity index (χ4n) is 4.18. The van der Waals surface area contributed by atoms with E-state index in [2.05, 4.69) is 11.2 Å². The molecule has 0 fully saturated rings. The Morgan fingerprint density at radius 2 is 1.75 bits per heavy atom. The smallest absolute Gasteiger partial charge is 0.229 e. The number of allylic oxidation sites excluding steroid dienone is 1. The average Bonchev–Trinajstić information content (AvgIpc) is 3.39. The van der Waals surface area contributed by atoms with Gasteiger partial charge in [0, 0.05) is 23.9 Å². The molecule has 0 amide bonds. The van der Waals surface area contributed by atoms with Gasteiger partial charge in [-0.2, -0.15) is 20.1 Å². The van der Waals surface area contributed by atoms with Crippen LogP contribution in [-0.4, -0.2) is 19.6 Å². The Labute approximate surface area is 186 Å². The van der Waals surface area contributed by atoms with Crippen molar-refractivity contribution in [3.8, 4) is 28.9 Å². The zero-order valence-corrected chi connectivity index (χ0v) is 17.9. The second-order valence-electron chi connectivity index (χ2n) is 7.63. The van der Waals surface area contributed by atoms with E-state index in [1.165, 1.54) is 0 Å². The molecule has 4 aromatic rings. The Morgan fingerprint density at radius 1 is 1.06 bits per heavy atom. The molecule has 0 radical (unpaired) electrons. The summed E-state index contributed by atoms with van der Waals surface area (Å²) in [7, 11) is 0. The topological polar surface area (TPSA) is 94.7 Å². The fraction of sp³-hybridized carbons (Fsp3) is 0.160. The van der Waals surface area contributed by atoms with Crippen LogP contribution in [0.4, 0.5) is 0 Å². The number of nitriles is 1. The van der Waals surface area contributed by atoms with Gasteiger partial charge in [0.15, 0.2) is 0 Å². The number of nitrogens with two attached hydrogens (primary N) is 1. The van der Waals surface area contributed by atoms with E-state index >= 15 is 0 Å². The van der Waals surface area contributed by atoms with E-state index in [1.54, 1.807) is 4.68 Å². The van der Waals surface area contributed by atoms with Gasteiger partial charge in [0.1, 0.15) is 17.3 Å². The highest BCUT2D eigenvalue weighted by Gasteiger charge is 2.39. The predicted molar refractivity (Wildman–Crippen MR) is 121 cm³/mol. The number of hydrogen-bond acceptors (Lipinski definition) is 5. The molecule has 1 atom stereocenters. The van der Waals surface area contributed by atoms with Crippen molar-refractivity contribution < 1.29 is 4.74 Å². The summed E-state index contributed by atoms with van der Waals surface area (Å²) in [5.41, 5.74) is 11.7. The average molecular weight is 422 g/mol. The normalized spacial score (nSPS) is 15.2. The molecular weight excluding hydrogens is 400 g/mol. The van der Waals surface area contributed by atoms with Crippen LogP contribution in [-0.2, 0) is 6.54 Å². The molecule has 0 saturated carbocycles. The summed E-state index contributed by atoms with van der Waals surface area (Å²) < 4.78 is 9.68. The lowest BCUT2D eigenvalue weighted by molar-refractivity contribution is 0.367. The van der Waals surface area contributed by atoms with Crippen LogP contribution in [0, 0.1) is 18.3 Å². The largest absolute Gasteiger partial charge is 0.422 e. The van der Waals surface area contributed by atoms with E-state index in [0.717, 1.165) is 40.3 Å². The zero-order chi connectivity index (χ0) is 22.2. The maximum Gasteiger partial charge on any atom is 0.229 e. The van der Waals surface area contributed by atoms with Gasteiger partial charge in [-0.3, -0.25) is 4.68 Å². The number of para-hydroxylation sites is 1. The number of nitrogens with zero attached hydrogens (tertiary/aromatic N) is 5. The van der Waals surface area contributed by atoms with Crippen LogP contribution in [0.15, 0.2) is 78.3 Å². The first kappa shape index (κ1) is 19.6. The Hall–Kier alpha value is -4.31. The van der Waals surface area contributed by atoms with Crippen molar-refractivity contribution in [1.29, 1.82) is 5.26 Å². The molecule has 3 heterocycles. The van der Waals surface area contributed by atoms with Crippen molar-refractivity contribution in [3.05, 3.63) is 95.1 Å². The van der Waals surface area contributed by atoms with Crippen LogP contribution in [0.1, 0.15) is 29.7 Å². The third-order valence-corrected chi connectivity index (χ3v) is 5.72. The number of benzene rings is 2. The summed E-state index contributed by atoms with van der Waals surface area (Å²) >= 11 is 0. The molecule has 0 aliphatic carbocycles. The quantitative estimate of drug-likeness (QED) is 0.530. The van der Waals surface area contributed by atoms with E-state index < -0.39 is 5.92 Å². The first-order chi connectivity index (χ1) is 15.6. The molecule has 2 aromatic carbocycles. The summed E-state index contributed by atoms with van der Waals surface area (Å²) in [6.45, 7) is 4.71. The molecular formula is C25H22N6O. The molecule has 1 aliphatic heterocycles. The first-order valence-electron chi connectivity index (χ1n) is 10.5. The number of rotatable bonds is 4. The van der Waals surface area contributed by atoms with Crippen molar-refractivity contribution in [3.63, 3.8) is 0 Å². The molecule has 7 heteroatoms. The lowest BCUT2D eigenvalue weighted by Crippen LogP contribution is -2.22. The van der Waals surface area contributed by atoms with E-state index in [9.17, 15) is 5.26 Å². The van der Waals surface area contributed by atoms with Crippen molar-refractivity contribution in [1.82, 2.24) is 19.6 Å². The number of fused-ring (bicyclic) bond motifs is 1. The molecule has 0 bridgehead atoms. The fourth-order valence-corrected chi connectivity index (χ4v) is 4.18. The highest BCUT2D eigenvalue weighted by Crippen LogP contribution is 2.48. The van der Waals surface area contributed by atoms with Gasteiger partial charge in [-0.05, 0) is 26.0 Å². The molecule has 32 heavy (non-hydrogen) atoms. The van der Waals surface area contributed by atoms with Crippen LogP contribution in [0.5, 0.6) is 5.88 Å². The lowest BCUT2D eigenvalue weighted by atomic mass is 9.83.